The van der Waals surface area contributed by atoms with Crippen LogP contribution >= 0.6 is 0 Å². The fourth-order valence-electron chi connectivity index (χ4n) is 2.72. The topological polar surface area (TPSA) is 96.0 Å². The van der Waals surface area contributed by atoms with Gasteiger partial charge in [0.25, 0.3) is 0 Å². The van der Waals surface area contributed by atoms with Crippen LogP contribution in [0.4, 0.5) is 16.0 Å². The Labute approximate surface area is 153 Å². The van der Waals surface area contributed by atoms with Gasteiger partial charge < -0.3 is 15.2 Å². The van der Waals surface area contributed by atoms with Crippen molar-refractivity contribution < 1.29 is 14.2 Å². The van der Waals surface area contributed by atoms with E-state index in [0.29, 0.717) is 28.5 Å². The number of ether oxygens (including phenoxy) is 1. The minimum atomic E-state index is -1.11. The summed E-state index contributed by atoms with van der Waals surface area (Å²) >= 11 is 0. The lowest BCUT2D eigenvalue weighted by Gasteiger charge is -2.14. The maximum absolute atomic E-state index is 13.2. The van der Waals surface area contributed by atoms with Gasteiger partial charge in [0.2, 0.25) is 0 Å². The molecule has 0 aliphatic rings. The minimum absolute atomic E-state index is 0.181. The quantitative estimate of drug-likeness (QED) is 0.502. The standard InChI is InChI=1S/C19H16FN5O2/c1-27-13-6-7-14-15(10-13)22-19(17(26)11-2-4-12(20)5-3-11)24-18(14)23-16-8-9-21-25-16/h2-10,17,26H,1H3,(H2,21,22,23,24,25). The van der Waals surface area contributed by atoms with Crippen molar-refractivity contribution in [1.82, 2.24) is 20.2 Å². The zero-order chi connectivity index (χ0) is 18.8. The van der Waals surface area contributed by atoms with Crippen molar-refractivity contribution in [3.63, 3.8) is 0 Å². The van der Waals surface area contributed by atoms with Gasteiger partial charge in [0.1, 0.15) is 23.5 Å². The van der Waals surface area contributed by atoms with Gasteiger partial charge in [-0.1, -0.05) is 12.1 Å². The predicted octanol–water partition coefficient (Wildman–Crippen LogP) is 3.33. The van der Waals surface area contributed by atoms with Crippen LogP contribution in [-0.4, -0.2) is 32.4 Å². The molecule has 0 fully saturated rings. The molecule has 1 unspecified atom stereocenters. The van der Waals surface area contributed by atoms with Crippen LogP contribution in [0.15, 0.2) is 54.7 Å². The van der Waals surface area contributed by atoms with Crippen LogP contribution in [0.1, 0.15) is 17.5 Å². The zero-order valence-corrected chi connectivity index (χ0v) is 14.3. The molecule has 1 atom stereocenters. The van der Waals surface area contributed by atoms with Crippen molar-refractivity contribution in [3.05, 3.63) is 71.9 Å². The predicted molar refractivity (Wildman–Crippen MR) is 98.4 cm³/mol. The Bertz CT molecular complexity index is 1070. The van der Waals surface area contributed by atoms with E-state index < -0.39 is 6.10 Å². The van der Waals surface area contributed by atoms with Crippen LogP contribution in [0, 0.1) is 5.82 Å². The normalized spacial score (nSPS) is 12.1. The Morgan fingerprint density at radius 3 is 2.63 bits per heavy atom. The second-order valence-electron chi connectivity index (χ2n) is 5.85. The molecular formula is C19H16FN5O2. The molecule has 0 saturated carbocycles. The minimum Gasteiger partial charge on any atom is -0.497 e. The summed E-state index contributed by atoms with van der Waals surface area (Å²) in [5, 5.41) is 21.3. The summed E-state index contributed by atoms with van der Waals surface area (Å²) in [6, 6.07) is 12.7. The summed E-state index contributed by atoms with van der Waals surface area (Å²) in [5.41, 5.74) is 1.09. The Hall–Kier alpha value is -3.52. The summed E-state index contributed by atoms with van der Waals surface area (Å²) < 4.78 is 18.4. The number of hydrogen-bond donors (Lipinski definition) is 3. The van der Waals surface area contributed by atoms with E-state index in [0.717, 1.165) is 5.39 Å². The third kappa shape index (κ3) is 3.42. The van der Waals surface area contributed by atoms with Gasteiger partial charge in [-0.3, -0.25) is 5.10 Å². The number of benzene rings is 2. The van der Waals surface area contributed by atoms with Crippen LogP contribution in [0.2, 0.25) is 0 Å². The third-order valence-electron chi connectivity index (χ3n) is 4.10. The van der Waals surface area contributed by atoms with Gasteiger partial charge in [0, 0.05) is 23.7 Å². The zero-order valence-electron chi connectivity index (χ0n) is 14.3. The molecule has 0 aliphatic carbocycles. The largest absolute Gasteiger partial charge is 0.497 e. The molecule has 2 aromatic carbocycles. The molecule has 0 saturated heterocycles. The second kappa shape index (κ2) is 7.00. The average Bonchev–Trinajstić information content (AvgIpc) is 3.20. The molecule has 0 amide bonds. The van der Waals surface area contributed by atoms with E-state index >= 15 is 0 Å². The van der Waals surface area contributed by atoms with E-state index in [1.807, 2.05) is 6.07 Å². The number of hydrogen-bond acceptors (Lipinski definition) is 6. The molecule has 0 bridgehead atoms. The SMILES string of the molecule is COc1ccc2c(Nc3cc[nH]n3)nc(C(O)c3ccc(F)cc3)nc2c1. The fraction of sp³-hybridized carbons (Fsp3) is 0.105. The number of nitrogens with zero attached hydrogens (tertiary/aromatic N) is 3. The van der Waals surface area contributed by atoms with Crippen LogP contribution in [-0.2, 0) is 0 Å². The number of halogens is 1. The van der Waals surface area contributed by atoms with Gasteiger partial charge in [0.05, 0.1) is 12.6 Å². The number of aliphatic hydroxyl groups excluding tert-OH is 1. The highest BCUT2D eigenvalue weighted by Gasteiger charge is 2.18. The van der Waals surface area contributed by atoms with E-state index in [1.54, 1.807) is 31.5 Å². The first-order valence-electron chi connectivity index (χ1n) is 8.20. The van der Waals surface area contributed by atoms with E-state index in [9.17, 15) is 9.50 Å². The second-order valence-corrected chi connectivity index (χ2v) is 5.85. The molecule has 0 spiro atoms. The van der Waals surface area contributed by atoms with Gasteiger partial charge in [-0.05, 0) is 29.8 Å². The lowest BCUT2D eigenvalue weighted by molar-refractivity contribution is 0.210. The third-order valence-corrected chi connectivity index (χ3v) is 4.10. The number of rotatable bonds is 5. The van der Waals surface area contributed by atoms with Gasteiger partial charge in [-0.2, -0.15) is 5.10 Å². The average molecular weight is 365 g/mol. The Morgan fingerprint density at radius 1 is 1.11 bits per heavy atom. The number of H-pyrrole nitrogens is 1. The van der Waals surface area contributed by atoms with Crippen LogP contribution in [0.25, 0.3) is 10.9 Å². The first-order chi connectivity index (χ1) is 13.1. The smallest absolute Gasteiger partial charge is 0.164 e. The van der Waals surface area contributed by atoms with Crippen LogP contribution in [0.3, 0.4) is 0 Å². The van der Waals surface area contributed by atoms with E-state index in [1.165, 1.54) is 24.3 Å². The Morgan fingerprint density at radius 2 is 1.93 bits per heavy atom. The van der Waals surface area contributed by atoms with E-state index in [2.05, 4.69) is 25.5 Å². The molecule has 2 aromatic heterocycles. The summed E-state index contributed by atoms with van der Waals surface area (Å²) in [4.78, 5) is 8.94. The van der Waals surface area contributed by atoms with Crippen molar-refractivity contribution in [1.29, 1.82) is 0 Å². The molecule has 0 aliphatic heterocycles. The maximum Gasteiger partial charge on any atom is 0.164 e. The molecule has 136 valence electrons. The van der Waals surface area contributed by atoms with E-state index in [-0.39, 0.29) is 11.6 Å². The number of fused-ring (bicyclic) bond motifs is 1. The number of aliphatic hydroxyl groups is 1. The molecule has 3 N–H and O–H groups in total. The summed E-state index contributed by atoms with van der Waals surface area (Å²) in [6.07, 6.45) is 0.573. The monoisotopic (exact) mass is 365 g/mol. The van der Waals surface area contributed by atoms with Gasteiger partial charge in [-0.15, -0.1) is 0 Å². The first kappa shape index (κ1) is 16.9. The van der Waals surface area contributed by atoms with Gasteiger partial charge >= 0.3 is 0 Å². The lowest BCUT2D eigenvalue weighted by Crippen LogP contribution is -2.08. The van der Waals surface area contributed by atoms with Crippen molar-refractivity contribution in [2.24, 2.45) is 0 Å². The number of nitrogens with one attached hydrogen (secondary N) is 2. The van der Waals surface area contributed by atoms with Crippen LogP contribution in [0.5, 0.6) is 5.75 Å². The Kier molecular flexibility index (Phi) is 4.39. The number of aromatic amines is 1. The molecule has 27 heavy (non-hydrogen) atoms. The summed E-state index contributed by atoms with van der Waals surface area (Å²) in [6.45, 7) is 0. The summed E-state index contributed by atoms with van der Waals surface area (Å²) in [5.74, 6) is 1.50. The number of anilines is 2. The molecule has 8 heteroatoms. The van der Waals surface area contributed by atoms with Crippen molar-refractivity contribution in [2.75, 3.05) is 12.4 Å². The molecular weight excluding hydrogens is 349 g/mol. The lowest BCUT2D eigenvalue weighted by atomic mass is 10.1. The molecule has 4 aromatic rings. The number of aromatic nitrogens is 4. The van der Waals surface area contributed by atoms with E-state index in [4.69, 9.17) is 4.74 Å². The van der Waals surface area contributed by atoms with Crippen molar-refractivity contribution >= 4 is 22.5 Å². The summed E-state index contributed by atoms with van der Waals surface area (Å²) in [7, 11) is 1.57. The highest BCUT2D eigenvalue weighted by atomic mass is 19.1. The van der Waals surface area contributed by atoms with Gasteiger partial charge in [0.15, 0.2) is 11.6 Å². The maximum atomic E-state index is 13.2. The van der Waals surface area contributed by atoms with Crippen LogP contribution < -0.4 is 10.1 Å². The van der Waals surface area contributed by atoms with Crippen molar-refractivity contribution in [2.45, 2.75) is 6.10 Å². The molecule has 2 heterocycles. The molecule has 4 rings (SSSR count). The number of methoxy groups -OCH3 is 1. The fourth-order valence-corrected chi connectivity index (χ4v) is 2.72. The first-order valence-corrected chi connectivity index (χ1v) is 8.20. The Balaban J connectivity index is 1.83. The molecule has 0 radical (unpaired) electrons. The molecule has 7 nitrogen and oxygen atoms in total. The van der Waals surface area contributed by atoms with Crippen molar-refractivity contribution in [3.8, 4) is 5.75 Å². The van der Waals surface area contributed by atoms with Gasteiger partial charge in [-0.25, -0.2) is 14.4 Å². The highest BCUT2D eigenvalue weighted by molar-refractivity contribution is 5.91. The highest BCUT2D eigenvalue weighted by Crippen LogP contribution is 2.29.